The molecule has 2 N–H and O–H groups in total. The maximum Gasteiger partial charge on any atom is 0.326 e. The van der Waals surface area contributed by atoms with Gasteiger partial charge in [0.05, 0.1) is 6.42 Å². The van der Waals surface area contributed by atoms with Crippen LogP contribution in [0, 0.1) is 0 Å². The Kier molecular flexibility index (Phi) is 6.09. The van der Waals surface area contributed by atoms with Gasteiger partial charge in [0.1, 0.15) is 6.04 Å². The molecule has 0 fully saturated rings. The average molecular weight is 285 g/mol. The molecule has 0 aliphatic rings. The first-order chi connectivity index (χ1) is 9.43. The minimum Gasteiger partial charge on any atom is -0.480 e. The maximum absolute atomic E-state index is 12.2. The number of aliphatic carboxylic acids is 1. The molecule has 6 heteroatoms. The van der Waals surface area contributed by atoms with E-state index in [0.29, 0.717) is 0 Å². The molecule has 0 aliphatic carbocycles. The summed E-state index contributed by atoms with van der Waals surface area (Å²) in [5.41, 5.74) is 1.75. The van der Waals surface area contributed by atoms with Crippen LogP contribution in [0.4, 0.5) is 8.78 Å². The Balaban J connectivity index is 2.68. The highest BCUT2D eigenvalue weighted by Crippen LogP contribution is 2.11. The Morgan fingerprint density at radius 3 is 2.35 bits per heavy atom. The Morgan fingerprint density at radius 2 is 1.85 bits per heavy atom. The lowest BCUT2D eigenvalue weighted by atomic mass is 10.0. The number of rotatable bonds is 7. The molecular formula is C14H17F2NO3. The summed E-state index contributed by atoms with van der Waals surface area (Å²) in [4.78, 5) is 22.6. The van der Waals surface area contributed by atoms with Gasteiger partial charge in [0.2, 0.25) is 12.3 Å². The summed E-state index contributed by atoms with van der Waals surface area (Å²) in [7, 11) is 0. The third kappa shape index (κ3) is 4.95. The molecule has 1 aromatic carbocycles. The number of hydrogen-bond donors (Lipinski definition) is 2. The first-order valence-electron chi connectivity index (χ1n) is 6.31. The summed E-state index contributed by atoms with van der Waals surface area (Å²) in [5.74, 6) is -2.03. The van der Waals surface area contributed by atoms with Gasteiger partial charge in [0.15, 0.2) is 0 Å². The summed E-state index contributed by atoms with van der Waals surface area (Å²) in [6, 6.07) is 5.70. The van der Waals surface area contributed by atoms with Crippen molar-refractivity contribution in [2.75, 3.05) is 0 Å². The highest BCUT2D eigenvalue weighted by molar-refractivity contribution is 5.85. The summed E-state index contributed by atoms with van der Waals surface area (Å²) >= 11 is 0. The fourth-order valence-electron chi connectivity index (χ4n) is 1.89. The predicted octanol–water partition coefficient (Wildman–Crippen LogP) is 2.02. The smallest absolute Gasteiger partial charge is 0.326 e. The Bertz CT molecular complexity index is 477. The molecule has 1 aromatic rings. The van der Waals surface area contributed by atoms with E-state index in [4.69, 9.17) is 5.11 Å². The largest absolute Gasteiger partial charge is 0.480 e. The van der Waals surface area contributed by atoms with Gasteiger partial charge < -0.3 is 10.4 Å². The molecule has 0 heterocycles. The van der Waals surface area contributed by atoms with Crippen molar-refractivity contribution in [3.8, 4) is 0 Å². The monoisotopic (exact) mass is 285 g/mol. The van der Waals surface area contributed by atoms with Crippen LogP contribution in [-0.2, 0) is 22.4 Å². The van der Waals surface area contributed by atoms with Crippen molar-refractivity contribution in [1.82, 2.24) is 5.32 Å². The van der Waals surface area contributed by atoms with Gasteiger partial charge >= 0.3 is 5.97 Å². The van der Waals surface area contributed by atoms with Crippen LogP contribution >= 0.6 is 0 Å². The quantitative estimate of drug-likeness (QED) is 0.805. The standard InChI is InChI=1S/C14H17F2NO3/c1-2-9-5-3-4-6-10(9)7-13(18)17-11(14(19)20)8-12(15)16/h3-6,11-12H,2,7-8H2,1H3,(H,17,18)(H,19,20). The van der Waals surface area contributed by atoms with Gasteiger partial charge in [-0.05, 0) is 17.5 Å². The van der Waals surface area contributed by atoms with Gasteiger partial charge in [-0.15, -0.1) is 0 Å². The fraction of sp³-hybridized carbons (Fsp3) is 0.429. The molecule has 0 saturated carbocycles. The first-order valence-corrected chi connectivity index (χ1v) is 6.31. The molecule has 4 nitrogen and oxygen atoms in total. The Morgan fingerprint density at radius 1 is 1.25 bits per heavy atom. The van der Waals surface area contributed by atoms with E-state index in [0.717, 1.165) is 17.5 Å². The van der Waals surface area contributed by atoms with Crippen LogP contribution in [0.5, 0.6) is 0 Å². The molecule has 110 valence electrons. The number of nitrogens with one attached hydrogen (secondary N) is 1. The number of amides is 1. The number of halogens is 2. The van der Waals surface area contributed by atoms with E-state index in [2.05, 4.69) is 5.32 Å². The fourth-order valence-corrected chi connectivity index (χ4v) is 1.89. The number of carbonyl (C=O) groups is 2. The molecule has 0 bridgehead atoms. The molecule has 1 amide bonds. The van der Waals surface area contributed by atoms with E-state index < -0.39 is 30.8 Å². The van der Waals surface area contributed by atoms with Crippen molar-refractivity contribution >= 4 is 11.9 Å². The zero-order chi connectivity index (χ0) is 15.1. The second-order valence-corrected chi connectivity index (χ2v) is 4.38. The lowest BCUT2D eigenvalue weighted by Crippen LogP contribution is -2.42. The van der Waals surface area contributed by atoms with Crippen molar-refractivity contribution in [3.05, 3.63) is 35.4 Å². The SMILES string of the molecule is CCc1ccccc1CC(=O)NC(CC(F)F)C(=O)O. The summed E-state index contributed by atoms with van der Waals surface area (Å²) in [6.45, 7) is 1.94. The number of alkyl halides is 2. The average Bonchev–Trinajstić information content (AvgIpc) is 2.37. The van der Waals surface area contributed by atoms with Crippen molar-refractivity contribution in [2.24, 2.45) is 0 Å². The number of benzene rings is 1. The zero-order valence-electron chi connectivity index (χ0n) is 11.1. The van der Waals surface area contributed by atoms with Crippen LogP contribution in [0.3, 0.4) is 0 Å². The lowest BCUT2D eigenvalue weighted by molar-refractivity contribution is -0.142. The van der Waals surface area contributed by atoms with Crippen molar-refractivity contribution in [3.63, 3.8) is 0 Å². The van der Waals surface area contributed by atoms with Crippen molar-refractivity contribution in [1.29, 1.82) is 0 Å². The van der Waals surface area contributed by atoms with Gasteiger partial charge in [0.25, 0.3) is 0 Å². The molecule has 1 atom stereocenters. The molecule has 1 rings (SSSR count). The van der Waals surface area contributed by atoms with E-state index >= 15 is 0 Å². The van der Waals surface area contributed by atoms with Crippen molar-refractivity contribution < 1.29 is 23.5 Å². The number of hydrogen-bond acceptors (Lipinski definition) is 2. The Labute approximate surface area is 115 Å². The summed E-state index contributed by atoms with van der Waals surface area (Å²) < 4.78 is 24.5. The zero-order valence-corrected chi connectivity index (χ0v) is 11.1. The van der Waals surface area contributed by atoms with E-state index in [9.17, 15) is 18.4 Å². The topological polar surface area (TPSA) is 66.4 Å². The number of carbonyl (C=O) groups excluding carboxylic acids is 1. The third-order valence-electron chi connectivity index (χ3n) is 2.90. The molecule has 0 aliphatic heterocycles. The number of aryl methyl sites for hydroxylation is 1. The molecule has 1 unspecified atom stereocenters. The Hall–Kier alpha value is -1.98. The van der Waals surface area contributed by atoms with Gasteiger partial charge in [-0.3, -0.25) is 4.79 Å². The van der Waals surface area contributed by atoms with Gasteiger partial charge in [0, 0.05) is 6.42 Å². The molecule has 20 heavy (non-hydrogen) atoms. The minimum atomic E-state index is -2.78. The van der Waals surface area contributed by atoms with E-state index in [1.54, 1.807) is 12.1 Å². The first kappa shape index (κ1) is 16.1. The summed E-state index contributed by atoms with van der Waals surface area (Å²) in [5, 5.41) is 10.9. The molecule has 0 saturated heterocycles. The molecule has 0 spiro atoms. The molecular weight excluding hydrogens is 268 g/mol. The highest BCUT2D eigenvalue weighted by Gasteiger charge is 2.24. The van der Waals surface area contributed by atoms with Crippen LogP contribution < -0.4 is 5.32 Å². The highest BCUT2D eigenvalue weighted by atomic mass is 19.3. The maximum atomic E-state index is 12.2. The van der Waals surface area contributed by atoms with E-state index in [1.807, 2.05) is 19.1 Å². The van der Waals surface area contributed by atoms with E-state index in [-0.39, 0.29) is 6.42 Å². The van der Waals surface area contributed by atoms with Crippen LogP contribution in [0.2, 0.25) is 0 Å². The normalized spacial score (nSPS) is 12.2. The van der Waals surface area contributed by atoms with Crippen LogP contribution in [0.15, 0.2) is 24.3 Å². The van der Waals surface area contributed by atoms with Gasteiger partial charge in [-0.2, -0.15) is 0 Å². The summed E-state index contributed by atoms with van der Waals surface area (Å²) in [6.07, 6.45) is -2.95. The number of carboxylic acids is 1. The minimum absolute atomic E-state index is 0.0168. The van der Waals surface area contributed by atoms with Gasteiger partial charge in [-0.1, -0.05) is 31.2 Å². The van der Waals surface area contributed by atoms with E-state index in [1.165, 1.54) is 0 Å². The predicted molar refractivity (Wildman–Crippen MR) is 69.7 cm³/mol. The second-order valence-electron chi connectivity index (χ2n) is 4.38. The van der Waals surface area contributed by atoms with Crippen molar-refractivity contribution in [2.45, 2.75) is 38.7 Å². The van der Waals surface area contributed by atoms with Crippen LogP contribution in [0.1, 0.15) is 24.5 Å². The molecule has 0 aromatic heterocycles. The van der Waals surface area contributed by atoms with Crippen LogP contribution in [-0.4, -0.2) is 29.5 Å². The van der Waals surface area contributed by atoms with Gasteiger partial charge in [-0.25, -0.2) is 13.6 Å². The number of carboxylic acid groups (broad SMARTS) is 1. The lowest BCUT2D eigenvalue weighted by Gasteiger charge is -2.14. The van der Waals surface area contributed by atoms with Crippen LogP contribution in [0.25, 0.3) is 0 Å². The molecule has 0 radical (unpaired) electrons. The third-order valence-corrected chi connectivity index (χ3v) is 2.90. The second kappa shape index (κ2) is 7.57.